The number of allylic oxidation sites excluding steroid dienone is 1. The highest BCUT2D eigenvalue weighted by Crippen LogP contribution is 2.24. The number of hydrogen-bond acceptors (Lipinski definition) is 1. The van der Waals surface area contributed by atoms with E-state index in [1.54, 1.807) is 0 Å². The highest BCUT2D eigenvalue weighted by Gasteiger charge is 2.08. The molecule has 1 aliphatic carbocycles. The molecule has 0 radical (unpaired) electrons. The number of nitrogens with two attached hydrogens (primary N) is 1. The van der Waals surface area contributed by atoms with Crippen molar-refractivity contribution < 1.29 is 0 Å². The molecular weight excluding hydrogens is 122 g/mol. The Morgan fingerprint density at radius 1 is 1.20 bits per heavy atom. The van der Waals surface area contributed by atoms with Crippen LogP contribution in [0.25, 0.3) is 0 Å². The zero-order valence-corrected chi connectivity index (χ0v) is 6.55. The summed E-state index contributed by atoms with van der Waals surface area (Å²) < 4.78 is 0. The molecule has 0 atom stereocenters. The smallest absolute Gasteiger partial charge is 0.0106 e. The molecule has 0 aromatic heterocycles. The van der Waals surface area contributed by atoms with Crippen molar-refractivity contribution in [3.05, 3.63) is 12.2 Å². The zero-order chi connectivity index (χ0) is 7.23. The third kappa shape index (κ3) is 2.53. The molecule has 1 rings (SSSR count). The predicted octanol–water partition coefficient (Wildman–Crippen LogP) is 2.08. The summed E-state index contributed by atoms with van der Waals surface area (Å²) in [6, 6.07) is 0. The van der Waals surface area contributed by atoms with Crippen molar-refractivity contribution >= 4 is 0 Å². The molecule has 1 aliphatic rings. The largest absolute Gasteiger partial charge is 0.327 e. The van der Waals surface area contributed by atoms with E-state index in [9.17, 15) is 0 Å². The minimum atomic E-state index is 0.705. The quantitative estimate of drug-likeness (QED) is 0.582. The maximum absolute atomic E-state index is 5.36. The Bertz CT molecular complexity index is 101. The average Bonchev–Trinajstić information content (AvgIpc) is 2.03. The van der Waals surface area contributed by atoms with Crippen LogP contribution in [0.3, 0.4) is 0 Å². The van der Waals surface area contributed by atoms with Gasteiger partial charge in [0.1, 0.15) is 0 Å². The van der Waals surface area contributed by atoms with Gasteiger partial charge < -0.3 is 5.73 Å². The average molecular weight is 139 g/mol. The van der Waals surface area contributed by atoms with Crippen molar-refractivity contribution in [2.75, 3.05) is 6.54 Å². The summed E-state index contributed by atoms with van der Waals surface area (Å²) >= 11 is 0. The lowest BCUT2D eigenvalue weighted by molar-refractivity contribution is 0.419. The SMILES string of the molecule is NC/C=C/C1CCCCC1. The van der Waals surface area contributed by atoms with E-state index in [0.29, 0.717) is 6.54 Å². The summed E-state index contributed by atoms with van der Waals surface area (Å²) in [4.78, 5) is 0. The first-order valence-corrected chi connectivity index (χ1v) is 4.30. The van der Waals surface area contributed by atoms with Crippen LogP contribution >= 0.6 is 0 Å². The van der Waals surface area contributed by atoms with Gasteiger partial charge in [-0.15, -0.1) is 0 Å². The highest BCUT2D eigenvalue weighted by atomic mass is 14.5. The van der Waals surface area contributed by atoms with E-state index in [1.165, 1.54) is 32.1 Å². The second-order valence-corrected chi connectivity index (χ2v) is 3.06. The van der Waals surface area contributed by atoms with E-state index in [-0.39, 0.29) is 0 Å². The summed E-state index contributed by atoms with van der Waals surface area (Å²) in [7, 11) is 0. The topological polar surface area (TPSA) is 26.0 Å². The van der Waals surface area contributed by atoms with E-state index in [4.69, 9.17) is 5.73 Å². The lowest BCUT2D eigenvalue weighted by Gasteiger charge is -2.17. The molecule has 1 nitrogen and oxygen atoms in total. The molecule has 0 aromatic rings. The summed E-state index contributed by atoms with van der Waals surface area (Å²) in [6.07, 6.45) is 11.4. The third-order valence-electron chi connectivity index (χ3n) is 2.19. The molecule has 0 bridgehead atoms. The number of rotatable bonds is 2. The van der Waals surface area contributed by atoms with E-state index >= 15 is 0 Å². The molecule has 58 valence electrons. The first-order valence-electron chi connectivity index (χ1n) is 4.30. The van der Waals surface area contributed by atoms with Crippen LogP contribution in [0.5, 0.6) is 0 Å². The van der Waals surface area contributed by atoms with Crippen LogP contribution in [0.4, 0.5) is 0 Å². The molecule has 10 heavy (non-hydrogen) atoms. The molecule has 0 spiro atoms. The number of hydrogen-bond donors (Lipinski definition) is 1. The summed E-state index contributed by atoms with van der Waals surface area (Å²) in [6.45, 7) is 0.705. The van der Waals surface area contributed by atoms with Crippen molar-refractivity contribution in [2.45, 2.75) is 32.1 Å². The fraction of sp³-hybridized carbons (Fsp3) is 0.778. The third-order valence-corrected chi connectivity index (χ3v) is 2.19. The zero-order valence-electron chi connectivity index (χ0n) is 6.55. The predicted molar refractivity (Wildman–Crippen MR) is 44.8 cm³/mol. The Morgan fingerprint density at radius 3 is 2.50 bits per heavy atom. The molecule has 0 amide bonds. The summed E-state index contributed by atoms with van der Waals surface area (Å²) in [5.74, 6) is 0.845. The summed E-state index contributed by atoms with van der Waals surface area (Å²) in [5.41, 5.74) is 5.36. The molecule has 1 saturated carbocycles. The molecule has 0 aromatic carbocycles. The second kappa shape index (κ2) is 4.51. The lowest BCUT2D eigenvalue weighted by Crippen LogP contribution is -2.03. The maximum atomic E-state index is 5.36. The van der Waals surface area contributed by atoms with Gasteiger partial charge >= 0.3 is 0 Å². The first-order chi connectivity index (χ1) is 4.93. The van der Waals surface area contributed by atoms with E-state index in [0.717, 1.165) is 5.92 Å². The van der Waals surface area contributed by atoms with Crippen molar-refractivity contribution in [1.29, 1.82) is 0 Å². The minimum Gasteiger partial charge on any atom is -0.327 e. The lowest BCUT2D eigenvalue weighted by atomic mass is 9.89. The first kappa shape index (κ1) is 7.80. The van der Waals surface area contributed by atoms with Gasteiger partial charge in [-0.3, -0.25) is 0 Å². The molecular formula is C9H17N. The van der Waals surface area contributed by atoms with Crippen LogP contribution in [-0.2, 0) is 0 Å². The van der Waals surface area contributed by atoms with Gasteiger partial charge in [-0.05, 0) is 18.8 Å². The van der Waals surface area contributed by atoms with Gasteiger partial charge in [0.05, 0.1) is 0 Å². The molecule has 0 aliphatic heterocycles. The van der Waals surface area contributed by atoms with Crippen LogP contribution in [-0.4, -0.2) is 6.54 Å². The van der Waals surface area contributed by atoms with Crippen molar-refractivity contribution in [3.63, 3.8) is 0 Å². The van der Waals surface area contributed by atoms with Gasteiger partial charge in [0.2, 0.25) is 0 Å². The van der Waals surface area contributed by atoms with E-state index < -0.39 is 0 Å². The van der Waals surface area contributed by atoms with Gasteiger partial charge in [0.25, 0.3) is 0 Å². The van der Waals surface area contributed by atoms with Crippen LogP contribution < -0.4 is 5.73 Å². The molecule has 2 N–H and O–H groups in total. The van der Waals surface area contributed by atoms with Crippen LogP contribution in [0.2, 0.25) is 0 Å². The Kier molecular flexibility index (Phi) is 3.52. The van der Waals surface area contributed by atoms with Gasteiger partial charge in [-0.25, -0.2) is 0 Å². The second-order valence-electron chi connectivity index (χ2n) is 3.06. The molecule has 0 heterocycles. The van der Waals surface area contributed by atoms with E-state index in [1.807, 2.05) is 0 Å². The van der Waals surface area contributed by atoms with Crippen molar-refractivity contribution in [2.24, 2.45) is 11.7 Å². The Morgan fingerprint density at radius 2 is 1.90 bits per heavy atom. The van der Waals surface area contributed by atoms with Crippen LogP contribution in [0, 0.1) is 5.92 Å². The fourth-order valence-electron chi connectivity index (χ4n) is 1.60. The van der Waals surface area contributed by atoms with Crippen LogP contribution in [0.1, 0.15) is 32.1 Å². The normalized spacial score (nSPS) is 22.1. The molecule has 0 saturated heterocycles. The van der Waals surface area contributed by atoms with Crippen LogP contribution in [0.15, 0.2) is 12.2 Å². The fourth-order valence-corrected chi connectivity index (χ4v) is 1.60. The summed E-state index contributed by atoms with van der Waals surface area (Å²) in [5, 5.41) is 0. The Balaban J connectivity index is 2.19. The van der Waals surface area contributed by atoms with Gasteiger partial charge in [-0.1, -0.05) is 31.4 Å². The van der Waals surface area contributed by atoms with Gasteiger partial charge in [0.15, 0.2) is 0 Å². The monoisotopic (exact) mass is 139 g/mol. The van der Waals surface area contributed by atoms with Crippen molar-refractivity contribution in [1.82, 2.24) is 0 Å². The maximum Gasteiger partial charge on any atom is 0.0106 e. The van der Waals surface area contributed by atoms with Crippen molar-refractivity contribution in [3.8, 4) is 0 Å². The molecule has 1 heteroatoms. The minimum absolute atomic E-state index is 0.705. The Hall–Kier alpha value is -0.300. The van der Waals surface area contributed by atoms with E-state index in [2.05, 4.69) is 12.2 Å². The van der Waals surface area contributed by atoms with Gasteiger partial charge in [-0.2, -0.15) is 0 Å². The highest BCUT2D eigenvalue weighted by molar-refractivity contribution is 4.90. The molecule has 0 unspecified atom stereocenters. The Labute approximate surface area is 63.3 Å². The standard InChI is InChI=1S/C9H17N/c10-8-4-7-9-5-2-1-3-6-9/h4,7,9H,1-3,5-6,8,10H2/b7-4+. The molecule has 1 fully saturated rings. The van der Waals surface area contributed by atoms with Gasteiger partial charge in [0, 0.05) is 6.54 Å².